The smallest absolute Gasteiger partial charge is 0.407 e. The van der Waals surface area contributed by atoms with Crippen LogP contribution >= 0.6 is 0 Å². The molecular formula is C11H21NO4. The van der Waals surface area contributed by atoms with Gasteiger partial charge in [-0.15, -0.1) is 0 Å². The summed E-state index contributed by atoms with van der Waals surface area (Å²) in [6.45, 7) is 5.94. The highest BCUT2D eigenvalue weighted by atomic mass is 16.6. The highest BCUT2D eigenvalue weighted by molar-refractivity contribution is 5.67. The van der Waals surface area contributed by atoms with Crippen LogP contribution in [0.1, 0.15) is 33.6 Å². The van der Waals surface area contributed by atoms with Crippen molar-refractivity contribution in [3.8, 4) is 0 Å². The van der Waals surface area contributed by atoms with Gasteiger partial charge in [0.15, 0.2) is 0 Å². The summed E-state index contributed by atoms with van der Waals surface area (Å²) in [7, 11) is 0. The minimum Gasteiger partial charge on any atom is -0.444 e. The normalized spacial score (nSPS) is 25.5. The van der Waals surface area contributed by atoms with Gasteiger partial charge in [-0.3, -0.25) is 0 Å². The molecule has 5 heteroatoms. The Morgan fingerprint density at radius 3 is 2.56 bits per heavy atom. The van der Waals surface area contributed by atoms with Crippen molar-refractivity contribution in [2.75, 3.05) is 13.2 Å². The SMILES string of the molecule is CC(C)(C)OC(=O)NCC1CCC(CO)O1. The van der Waals surface area contributed by atoms with Crippen LogP contribution < -0.4 is 5.32 Å². The van der Waals surface area contributed by atoms with E-state index in [4.69, 9.17) is 14.6 Å². The Morgan fingerprint density at radius 2 is 2.06 bits per heavy atom. The van der Waals surface area contributed by atoms with Gasteiger partial charge in [-0.05, 0) is 33.6 Å². The number of aliphatic hydroxyl groups excluding tert-OH is 1. The zero-order valence-electron chi connectivity index (χ0n) is 10.2. The first-order valence-corrected chi connectivity index (χ1v) is 5.64. The Morgan fingerprint density at radius 1 is 1.44 bits per heavy atom. The molecule has 1 fully saturated rings. The second-order valence-electron chi connectivity index (χ2n) is 5.02. The van der Waals surface area contributed by atoms with Gasteiger partial charge in [0.1, 0.15) is 5.60 Å². The van der Waals surface area contributed by atoms with E-state index in [1.807, 2.05) is 20.8 Å². The van der Waals surface area contributed by atoms with E-state index in [1.54, 1.807) is 0 Å². The minimum atomic E-state index is -0.478. The van der Waals surface area contributed by atoms with E-state index >= 15 is 0 Å². The van der Waals surface area contributed by atoms with Crippen LogP contribution in [0.25, 0.3) is 0 Å². The number of nitrogens with one attached hydrogen (secondary N) is 1. The number of hydrogen-bond donors (Lipinski definition) is 2. The summed E-state index contributed by atoms with van der Waals surface area (Å²) in [5.41, 5.74) is -0.478. The highest BCUT2D eigenvalue weighted by Crippen LogP contribution is 2.18. The number of carbonyl (C=O) groups is 1. The number of hydrogen-bond acceptors (Lipinski definition) is 4. The molecule has 1 aliphatic heterocycles. The largest absolute Gasteiger partial charge is 0.444 e. The molecular weight excluding hydrogens is 210 g/mol. The van der Waals surface area contributed by atoms with Crippen LogP contribution in [0.3, 0.4) is 0 Å². The number of ether oxygens (including phenoxy) is 2. The summed E-state index contributed by atoms with van der Waals surface area (Å²) >= 11 is 0. The Kier molecular flexibility index (Phi) is 4.56. The fourth-order valence-corrected chi connectivity index (χ4v) is 1.58. The molecule has 1 rings (SSSR count). The van der Waals surface area contributed by atoms with Crippen LogP contribution in [0.2, 0.25) is 0 Å². The first-order valence-electron chi connectivity index (χ1n) is 5.64. The number of aliphatic hydroxyl groups is 1. The Hall–Kier alpha value is -0.810. The third-order valence-electron chi connectivity index (χ3n) is 2.27. The van der Waals surface area contributed by atoms with E-state index in [2.05, 4.69) is 5.32 Å². The van der Waals surface area contributed by atoms with E-state index in [-0.39, 0.29) is 18.8 Å². The van der Waals surface area contributed by atoms with Gasteiger partial charge in [-0.2, -0.15) is 0 Å². The molecule has 1 saturated heterocycles. The second-order valence-corrected chi connectivity index (χ2v) is 5.02. The zero-order valence-corrected chi connectivity index (χ0v) is 10.2. The Bertz CT molecular complexity index is 237. The highest BCUT2D eigenvalue weighted by Gasteiger charge is 2.25. The molecule has 1 amide bonds. The molecule has 0 aromatic carbocycles. The van der Waals surface area contributed by atoms with Crippen LogP contribution in [0, 0.1) is 0 Å². The van der Waals surface area contributed by atoms with Crippen molar-refractivity contribution < 1.29 is 19.4 Å². The third-order valence-corrected chi connectivity index (χ3v) is 2.27. The molecule has 0 bridgehead atoms. The van der Waals surface area contributed by atoms with Gasteiger partial charge < -0.3 is 19.9 Å². The van der Waals surface area contributed by atoms with E-state index in [0.29, 0.717) is 6.54 Å². The van der Waals surface area contributed by atoms with Gasteiger partial charge in [0.25, 0.3) is 0 Å². The van der Waals surface area contributed by atoms with Gasteiger partial charge in [0.05, 0.1) is 18.8 Å². The van der Waals surface area contributed by atoms with E-state index in [1.165, 1.54) is 0 Å². The van der Waals surface area contributed by atoms with Crippen LogP contribution in [-0.2, 0) is 9.47 Å². The van der Waals surface area contributed by atoms with Crippen molar-refractivity contribution in [3.05, 3.63) is 0 Å². The quantitative estimate of drug-likeness (QED) is 0.762. The summed E-state index contributed by atoms with van der Waals surface area (Å²) in [6, 6.07) is 0. The summed E-state index contributed by atoms with van der Waals surface area (Å²) in [5, 5.41) is 11.5. The summed E-state index contributed by atoms with van der Waals surface area (Å²) in [6.07, 6.45) is 1.19. The standard InChI is InChI=1S/C11H21NO4/c1-11(2,3)16-10(14)12-6-8-4-5-9(7-13)15-8/h8-9,13H,4-7H2,1-3H3,(H,12,14). The van der Waals surface area contributed by atoms with Crippen LogP contribution in [0.5, 0.6) is 0 Å². The Labute approximate surface area is 96.1 Å². The second kappa shape index (κ2) is 5.50. The fraction of sp³-hybridized carbons (Fsp3) is 0.909. The van der Waals surface area contributed by atoms with Crippen LogP contribution in [0.15, 0.2) is 0 Å². The summed E-state index contributed by atoms with van der Waals surface area (Å²) in [4.78, 5) is 11.3. The zero-order chi connectivity index (χ0) is 12.2. The molecule has 1 aliphatic rings. The molecule has 2 atom stereocenters. The fourth-order valence-electron chi connectivity index (χ4n) is 1.58. The lowest BCUT2D eigenvalue weighted by Gasteiger charge is -2.20. The molecule has 2 unspecified atom stereocenters. The Balaban J connectivity index is 2.18. The third kappa shape index (κ3) is 4.81. The van der Waals surface area contributed by atoms with Crippen molar-refractivity contribution in [2.24, 2.45) is 0 Å². The summed E-state index contributed by atoms with van der Waals surface area (Å²) in [5.74, 6) is 0. The maximum absolute atomic E-state index is 11.3. The maximum atomic E-state index is 11.3. The predicted molar refractivity (Wildman–Crippen MR) is 59.2 cm³/mol. The van der Waals surface area contributed by atoms with E-state index in [0.717, 1.165) is 12.8 Å². The molecule has 0 radical (unpaired) electrons. The van der Waals surface area contributed by atoms with Gasteiger partial charge >= 0.3 is 6.09 Å². The lowest BCUT2D eigenvalue weighted by Crippen LogP contribution is -2.37. The van der Waals surface area contributed by atoms with E-state index in [9.17, 15) is 4.79 Å². The average Bonchev–Trinajstić information content (AvgIpc) is 2.59. The van der Waals surface area contributed by atoms with Crippen molar-refractivity contribution in [1.29, 1.82) is 0 Å². The lowest BCUT2D eigenvalue weighted by atomic mass is 10.2. The molecule has 0 saturated carbocycles. The van der Waals surface area contributed by atoms with E-state index < -0.39 is 11.7 Å². The first kappa shape index (κ1) is 13.3. The monoisotopic (exact) mass is 231 g/mol. The maximum Gasteiger partial charge on any atom is 0.407 e. The molecule has 16 heavy (non-hydrogen) atoms. The molecule has 94 valence electrons. The molecule has 0 aromatic heterocycles. The topological polar surface area (TPSA) is 67.8 Å². The minimum absolute atomic E-state index is 0.00957. The molecule has 0 spiro atoms. The predicted octanol–water partition coefficient (Wildman–Crippen LogP) is 1.05. The van der Waals surface area contributed by atoms with Gasteiger partial charge in [0.2, 0.25) is 0 Å². The molecule has 5 nitrogen and oxygen atoms in total. The summed E-state index contributed by atoms with van der Waals surface area (Å²) < 4.78 is 10.6. The molecule has 0 aromatic rings. The van der Waals surface area contributed by atoms with Crippen molar-refractivity contribution >= 4 is 6.09 Å². The van der Waals surface area contributed by atoms with Crippen molar-refractivity contribution in [2.45, 2.75) is 51.4 Å². The average molecular weight is 231 g/mol. The first-order chi connectivity index (χ1) is 7.40. The van der Waals surface area contributed by atoms with Gasteiger partial charge in [-0.1, -0.05) is 0 Å². The van der Waals surface area contributed by atoms with Crippen molar-refractivity contribution in [3.63, 3.8) is 0 Å². The van der Waals surface area contributed by atoms with Gasteiger partial charge in [-0.25, -0.2) is 4.79 Å². The van der Waals surface area contributed by atoms with Crippen molar-refractivity contribution in [1.82, 2.24) is 5.32 Å². The molecule has 2 N–H and O–H groups in total. The van der Waals surface area contributed by atoms with Gasteiger partial charge in [0, 0.05) is 6.54 Å². The number of rotatable bonds is 3. The van der Waals surface area contributed by atoms with Crippen LogP contribution in [-0.4, -0.2) is 42.2 Å². The van der Waals surface area contributed by atoms with Crippen LogP contribution in [0.4, 0.5) is 4.79 Å². The molecule has 1 heterocycles. The number of carbonyl (C=O) groups excluding carboxylic acids is 1. The molecule has 0 aliphatic carbocycles. The number of alkyl carbamates (subject to hydrolysis) is 1. The number of amides is 1. The lowest BCUT2D eigenvalue weighted by molar-refractivity contribution is 0.00868.